The van der Waals surface area contributed by atoms with Crippen LogP contribution in [0, 0.1) is 0 Å². The molecule has 0 aliphatic heterocycles. The van der Waals surface area contributed by atoms with Crippen molar-refractivity contribution in [3.63, 3.8) is 0 Å². The highest BCUT2D eigenvalue weighted by Crippen LogP contribution is 2.25. The van der Waals surface area contributed by atoms with E-state index >= 15 is 0 Å². The van der Waals surface area contributed by atoms with E-state index in [1.165, 1.54) is 19.2 Å². The Bertz CT molecular complexity index is 629. The number of likely N-dealkylation sites (N-methyl/N-ethyl adjacent to an activating group) is 1. The van der Waals surface area contributed by atoms with Crippen molar-refractivity contribution < 1.29 is 23.1 Å². The number of aromatic carboxylic acids is 1. The molecule has 9 heteroatoms. The molecule has 1 aromatic rings. The van der Waals surface area contributed by atoms with Crippen LogP contribution in [0.4, 0.5) is 0 Å². The van der Waals surface area contributed by atoms with Gasteiger partial charge in [-0.3, -0.25) is 4.79 Å². The lowest BCUT2D eigenvalue weighted by Gasteiger charge is -2.16. The second kappa shape index (κ2) is 5.68. The zero-order valence-electron chi connectivity index (χ0n) is 9.83. The summed E-state index contributed by atoms with van der Waals surface area (Å²) in [4.78, 5) is 21.4. The molecule has 0 saturated heterocycles. The first-order valence-corrected chi connectivity index (χ1v) is 7.17. The van der Waals surface area contributed by atoms with Crippen molar-refractivity contribution in [1.29, 1.82) is 0 Å². The molecule has 0 heterocycles. The predicted octanol–water partition coefficient (Wildman–Crippen LogP) is 0.253. The van der Waals surface area contributed by atoms with Crippen molar-refractivity contribution in [1.82, 2.24) is 4.31 Å². The Balaban J connectivity index is 3.31. The summed E-state index contributed by atoms with van der Waals surface area (Å²) in [6.07, 6.45) is 0. The van der Waals surface area contributed by atoms with E-state index < -0.39 is 28.4 Å². The van der Waals surface area contributed by atoms with Crippen molar-refractivity contribution >= 4 is 37.8 Å². The van der Waals surface area contributed by atoms with Gasteiger partial charge in [-0.25, -0.2) is 13.2 Å². The van der Waals surface area contributed by atoms with Gasteiger partial charge in [0.05, 0.1) is 17.0 Å². The first-order chi connectivity index (χ1) is 8.66. The Morgan fingerprint density at radius 2 is 2.00 bits per heavy atom. The lowest BCUT2D eigenvalue weighted by Crippen LogP contribution is -2.35. The van der Waals surface area contributed by atoms with Gasteiger partial charge in [0.15, 0.2) is 0 Å². The molecule has 0 unspecified atom stereocenters. The quantitative estimate of drug-likeness (QED) is 0.789. The van der Waals surface area contributed by atoms with Crippen molar-refractivity contribution in [2.24, 2.45) is 5.73 Å². The molecule has 104 valence electrons. The number of carbonyl (C=O) groups is 2. The van der Waals surface area contributed by atoms with Gasteiger partial charge in [-0.15, -0.1) is 0 Å². The number of nitrogens with two attached hydrogens (primary N) is 1. The van der Waals surface area contributed by atoms with Crippen LogP contribution in [0.15, 0.2) is 27.6 Å². The highest BCUT2D eigenvalue weighted by atomic mass is 79.9. The number of benzene rings is 1. The minimum Gasteiger partial charge on any atom is -0.478 e. The highest BCUT2D eigenvalue weighted by molar-refractivity contribution is 9.10. The number of carboxylic acids is 1. The van der Waals surface area contributed by atoms with Crippen LogP contribution in [-0.2, 0) is 14.8 Å². The van der Waals surface area contributed by atoms with Crippen molar-refractivity contribution in [2.45, 2.75) is 4.90 Å². The molecule has 7 nitrogen and oxygen atoms in total. The SMILES string of the molecule is CN(CC(N)=O)S(=O)(=O)c1cc(C(=O)O)ccc1Br. The van der Waals surface area contributed by atoms with Crippen LogP contribution in [0.3, 0.4) is 0 Å². The van der Waals surface area contributed by atoms with Gasteiger partial charge in [-0.1, -0.05) is 0 Å². The standard InChI is InChI=1S/C10H11BrN2O5S/c1-13(5-9(12)14)19(17,18)8-4-6(10(15)16)2-3-7(8)11/h2-4H,5H2,1H3,(H2,12,14)(H,15,16). The third-order valence-electron chi connectivity index (χ3n) is 2.24. The van der Waals surface area contributed by atoms with Gasteiger partial charge in [-0.05, 0) is 34.1 Å². The molecule has 0 fully saturated rings. The van der Waals surface area contributed by atoms with Crippen LogP contribution in [0.5, 0.6) is 0 Å². The fourth-order valence-electron chi connectivity index (χ4n) is 1.31. The largest absolute Gasteiger partial charge is 0.478 e. The van der Waals surface area contributed by atoms with Crippen molar-refractivity contribution in [2.75, 3.05) is 13.6 Å². The molecular formula is C10H11BrN2O5S. The Kier molecular flexibility index (Phi) is 4.66. The van der Waals surface area contributed by atoms with Gasteiger partial charge >= 0.3 is 5.97 Å². The topological polar surface area (TPSA) is 118 Å². The molecular weight excluding hydrogens is 340 g/mol. The number of carboxylic acid groups (broad SMARTS) is 1. The van der Waals surface area contributed by atoms with E-state index in [-0.39, 0.29) is 14.9 Å². The lowest BCUT2D eigenvalue weighted by molar-refractivity contribution is -0.118. The van der Waals surface area contributed by atoms with E-state index in [2.05, 4.69) is 15.9 Å². The molecule has 0 saturated carbocycles. The smallest absolute Gasteiger partial charge is 0.335 e. The Morgan fingerprint density at radius 1 is 1.42 bits per heavy atom. The summed E-state index contributed by atoms with van der Waals surface area (Å²) in [7, 11) is -2.82. The first kappa shape index (κ1) is 15.6. The van der Waals surface area contributed by atoms with Crippen LogP contribution in [0.2, 0.25) is 0 Å². The molecule has 0 aromatic heterocycles. The fourth-order valence-corrected chi connectivity index (χ4v) is 3.39. The van der Waals surface area contributed by atoms with E-state index in [0.29, 0.717) is 0 Å². The number of hydrogen-bond donors (Lipinski definition) is 2. The van der Waals surface area contributed by atoms with Gasteiger partial charge in [0.2, 0.25) is 15.9 Å². The number of sulfonamides is 1. The zero-order valence-corrected chi connectivity index (χ0v) is 12.2. The fraction of sp³-hybridized carbons (Fsp3) is 0.200. The van der Waals surface area contributed by atoms with Crippen molar-refractivity contribution in [3.05, 3.63) is 28.2 Å². The maximum absolute atomic E-state index is 12.2. The summed E-state index contributed by atoms with van der Waals surface area (Å²) in [5.74, 6) is -2.06. The van der Waals surface area contributed by atoms with E-state index in [1.54, 1.807) is 0 Å². The molecule has 0 radical (unpaired) electrons. The number of nitrogens with zero attached hydrogens (tertiary/aromatic N) is 1. The maximum Gasteiger partial charge on any atom is 0.335 e. The van der Waals surface area contributed by atoms with Crippen LogP contribution in [0.25, 0.3) is 0 Å². The summed E-state index contributed by atoms with van der Waals surface area (Å²) in [6.45, 7) is -0.494. The number of hydrogen-bond acceptors (Lipinski definition) is 4. The third kappa shape index (κ3) is 3.52. The Labute approximate surface area is 118 Å². The van der Waals surface area contributed by atoms with Gasteiger partial charge in [-0.2, -0.15) is 4.31 Å². The van der Waals surface area contributed by atoms with E-state index in [4.69, 9.17) is 10.8 Å². The van der Waals surface area contributed by atoms with Crippen LogP contribution >= 0.6 is 15.9 Å². The molecule has 0 aliphatic rings. The molecule has 0 aliphatic carbocycles. The molecule has 1 amide bonds. The molecule has 1 rings (SSSR count). The number of primary amides is 1. The average Bonchev–Trinajstić information content (AvgIpc) is 2.27. The zero-order chi connectivity index (χ0) is 14.8. The Morgan fingerprint density at radius 3 is 2.47 bits per heavy atom. The maximum atomic E-state index is 12.2. The van der Waals surface area contributed by atoms with Crippen molar-refractivity contribution in [3.8, 4) is 0 Å². The van der Waals surface area contributed by atoms with E-state index in [0.717, 1.165) is 10.4 Å². The van der Waals surface area contributed by atoms with Gasteiger partial charge in [0, 0.05) is 11.5 Å². The lowest BCUT2D eigenvalue weighted by atomic mass is 10.2. The van der Waals surface area contributed by atoms with Gasteiger partial charge < -0.3 is 10.8 Å². The number of amides is 1. The van der Waals surface area contributed by atoms with Gasteiger partial charge in [0.25, 0.3) is 0 Å². The summed E-state index contributed by atoms with van der Waals surface area (Å²) < 4.78 is 25.3. The second-order valence-electron chi connectivity index (χ2n) is 3.68. The van der Waals surface area contributed by atoms with Crippen LogP contribution < -0.4 is 5.73 Å². The van der Waals surface area contributed by atoms with Crippen LogP contribution in [-0.4, -0.2) is 43.3 Å². The predicted molar refractivity (Wildman–Crippen MR) is 70.1 cm³/mol. The molecule has 0 spiro atoms. The summed E-state index contributed by atoms with van der Waals surface area (Å²) in [6, 6.07) is 3.59. The molecule has 19 heavy (non-hydrogen) atoms. The minimum atomic E-state index is -4.00. The number of rotatable bonds is 5. The van der Waals surface area contributed by atoms with Crippen LogP contribution in [0.1, 0.15) is 10.4 Å². The summed E-state index contributed by atoms with van der Waals surface area (Å²) in [5, 5.41) is 8.85. The number of halogens is 1. The minimum absolute atomic E-state index is 0.172. The highest BCUT2D eigenvalue weighted by Gasteiger charge is 2.25. The molecule has 0 bridgehead atoms. The monoisotopic (exact) mass is 350 g/mol. The first-order valence-electron chi connectivity index (χ1n) is 4.93. The second-order valence-corrected chi connectivity index (χ2v) is 6.55. The molecule has 3 N–H and O–H groups in total. The van der Waals surface area contributed by atoms with Gasteiger partial charge in [0.1, 0.15) is 0 Å². The molecule has 0 atom stereocenters. The summed E-state index contributed by atoms with van der Waals surface area (Å²) >= 11 is 3.03. The average molecular weight is 351 g/mol. The van der Waals surface area contributed by atoms with E-state index in [1.807, 2.05) is 0 Å². The summed E-state index contributed by atoms with van der Waals surface area (Å²) in [5.41, 5.74) is 4.76. The van der Waals surface area contributed by atoms with E-state index in [9.17, 15) is 18.0 Å². The Hall–Kier alpha value is -1.45. The molecule has 1 aromatic carbocycles. The number of carbonyl (C=O) groups excluding carboxylic acids is 1. The normalized spacial score (nSPS) is 11.5. The third-order valence-corrected chi connectivity index (χ3v) is 5.04.